The van der Waals surface area contributed by atoms with E-state index in [2.05, 4.69) is 20.3 Å². The van der Waals surface area contributed by atoms with Gasteiger partial charge in [0.1, 0.15) is 5.82 Å². The van der Waals surface area contributed by atoms with Crippen molar-refractivity contribution in [3.8, 4) is 6.01 Å². The molecule has 1 N–H and O–H groups in total. The van der Waals surface area contributed by atoms with E-state index in [1.807, 2.05) is 0 Å². The number of methoxy groups -OCH3 is 1. The molecule has 0 aromatic carbocycles. The molecule has 0 bridgehead atoms. The minimum atomic E-state index is -0.550. The Hall–Kier alpha value is -1.23. The van der Waals surface area contributed by atoms with Crippen molar-refractivity contribution in [3.63, 3.8) is 0 Å². The Morgan fingerprint density at radius 2 is 2.19 bits per heavy atom. The maximum Gasteiger partial charge on any atom is 0.350 e. The molecule has 0 aliphatic carbocycles. The van der Waals surface area contributed by atoms with Crippen LogP contribution in [0.25, 0.3) is 5.32 Å². The standard InChI is InChI=1S/C8H10N4O3.W/c1-15-8-11-6(10-7(14)12-8)4-2-3-5(13)9-4;/h4H,2-3H2,1H3,(H2,9,10,11,12,13,14);/p-1. The maximum absolute atomic E-state index is 11.1. The van der Waals surface area contributed by atoms with E-state index in [0.717, 1.165) is 0 Å². The normalized spacial score (nSPS) is 18.8. The molecule has 1 amide bonds. The second-order valence-corrected chi connectivity index (χ2v) is 3.10. The van der Waals surface area contributed by atoms with Crippen LogP contribution in [-0.2, 0) is 25.9 Å². The summed E-state index contributed by atoms with van der Waals surface area (Å²) in [5, 5.41) is 3.82. The molecule has 1 aromatic heterocycles. The number of H-pyrrole nitrogens is 1. The van der Waals surface area contributed by atoms with Crippen molar-refractivity contribution in [2.24, 2.45) is 0 Å². The summed E-state index contributed by atoms with van der Waals surface area (Å²) < 4.78 is 4.75. The minimum Gasteiger partial charge on any atom is -0.645 e. The number of nitrogens with zero attached hydrogens (tertiary/aromatic N) is 3. The van der Waals surface area contributed by atoms with Gasteiger partial charge in [-0.3, -0.25) is 4.98 Å². The predicted molar refractivity (Wildman–Crippen MR) is 49.5 cm³/mol. The van der Waals surface area contributed by atoms with Crippen LogP contribution in [-0.4, -0.2) is 28.0 Å². The quantitative estimate of drug-likeness (QED) is 0.758. The Labute approximate surface area is 105 Å². The molecular formula is C8H9N4O3W-. The Kier molecular flexibility index (Phi) is 4.17. The molecule has 1 aliphatic rings. The van der Waals surface area contributed by atoms with E-state index >= 15 is 0 Å². The first-order valence-corrected chi connectivity index (χ1v) is 4.45. The monoisotopic (exact) mass is 393 g/mol. The molecule has 86 valence electrons. The van der Waals surface area contributed by atoms with Crippen LogP contribution < -0.4 is 10.4 Å². The summed E-state index contributed by atoms with van der Waals surface area (Å²) in [6.07, 6.45) is 0.952. The van der Waals surface area contributed by atoms with E-state index in [4.69, 9.17) is 4.74 Å². The predicted octanol–water partition coefficient (Wildman–Crippen LogP) is -0.0938. The van der Waals surface area contributed by atoms with Gasteiger partial charge in [0, 0.05) is 21.1 Å². The minimum absolute atomic E-state index is 0. The Morgan fingerprint density at radius 1 is 1.44 bits per heavy atom. The van der Waals surface area contributed by atoms with Crippen LogP contribution in [0.5, 0.6) is 6.01 Å². The van der Waals surface area contributed by atoms with Gasteiger partial charge in [-0.25, -0.2) is 4.79 Å². The second kappa shape index (κ2) is 5.20. The first kappa shape index (κ1) is 12.8. The third-order valence-corrected chi connectivity index (χ3v) is 2.08. The maximum atomic E-state index is 11.1. The van der Waals surface area contributed by atoms with Crippen molar-refractivity contribution < 1.29 is 30.6 Å². The van der Waals surface area contributed by atoms with E-state index in [0.29, 0.717) is 18.7 Å². The summed E-state index contributed by atoms with van der Waals surface area (Å²) in [6, 6.07) is -0.384. The molecule has 0 saturated carbocycles. The first-order valence-electron chi connectivity index (χ1n) is 4.45. The molecule has 1 aliphatic heterocycles. The summed E-state index contributed by atoms with van der Waals surface area (Å²) in [6.45, 7) is 0. The molecule has 1 fully saturated rings. The molecule has 0 spiro atoms. The Balaban J connectivity index is 0.00000128. The number of aromatic amines is 1. The van der Waals surface area contributed by atoms with Crippen LogP contribution in [0.2, 0.25) is 0 Å². The van der Waals surface area contributed by atoms with Gasteiger partial charge >= 0.3 is 11.7 Å². The summed E-state index contributed by atoms with van der Waals surface area (Å²) in [5.41, 5.74) is -0.550. The number of nitrogens with one attached hydrogen (secondary N) is 1. The van der Waals surface area contributed by atoms with Crippen molar-refractivity contribution in [2.75, 3.05) is 7.11 Å². The third kappa shape index (κ3) is 2.66. The largest absolute Gasteiger partial charge is 0.645 e. The van der Waals surface area contributed by atoms with Crippen LogP contribution in [0.15, 0.2) is 4.79 Å². The van der Waals surface area contributed by atoms with Crippen LogP contribution in [0, 0.1) is 0 Å². The molecule has 1 unspecified atom stereocenters. The van der Waals surface area contributed by atoms with Crippen molar-refractivity contribution in [1.29, 1.82) is 0 Å². The van der Waals surface area contributed by atoms with Gasteiger partial charge in [0.15, 0.2) is 0 Å². The van der Waals surface area contributed by atoms with E-state index < -0.39 is 5.69 Å². The molecular weight excluding hydrogens is 384 g/mol. The molecule has 0 radical (unpaired) electrons. The number of carbonyl (C=O) groups is 1. The summed E-state index contributed by atoms with van der Waals surface area (Å²) in [7, 11) is 1.37. The molecule has 7 nitrogen and oxygen atoms in total. The van der Waals surface area contributed by atoms with Gasteiger partial charge in [0.05, 0.1) is 13.0 Å². The van der Waals surface area contributed by atoms with Gasteiger partial charge in [-0.1, -0.05) is 12.5 Å². The zero-order chi connectivity index (χ0) is 10.8. The topological polar surface area (TPSA) is 99.0 Å². The Bertz CT molecular complexity index is 447. The SMILES string of the molecule is COc1nc(C2CCC(=O)[N-]2)[nH]c(=O)n1.[W]. The van der Waals surface area contributed by atoms with Gasteiger partial charge < -0.3 is 14.8 Å². The fourth-order valence-corrected chi connectivity index (χ4v) is 1.39. The van der Waals surface area contributed by atoms with Crippen LogP contribution in [0.1, 0.15) is 24.7 Å². The molecule has 2 heterocycles. The van der Waals surface area contributed by atoms with Gasteiger partial charge in [0.25, 0.3) is 0 Å². The Morgan fingerprint density at radius 3 is 2.75 bits per heavy atom. The molecule has 16 heavy (non-hydrogen) atoms. The number of rotatable bonds is 2. The number of hydrogen-bond donors (Lipinski definition) is 1. The van der Waals surface area contributed by atoms with E-state index in [-0.39, 0.29) is 39.0 Å². The number of carbonyl (C=O) groups excluding carboxylic acids is 1. The smallest absolute Gasteiger partial charge is 0.350 e. The number of amides is 1. The molecule has 8 heteroatoms. The average Bonchev–Trinajstić information content (AvgIpc) is 2.64. The van der Waals surface area contributed by atoms with E-state index in [1.54, 1.807) is 0 Å². The van der Waals surface area contributed by atoms with Gasteiger partial charge in [-0.15, -0.1) is 4.98 Å². The third-order valence-electron chi connectivity index (χ3n) is 2.08. The first-order chi connectivity index (χ1) is 7.19. The fraction of sp³-hybridized carbons (Fsp3) is 0.500. The molecule has 2 rings (SSSR count). The van der Waals surface area contributed by atoms with Gasteiger partial charge in [-0.05, 0) is 6.42 Å². The van der Waals surface area contributed by atoms with Crippen LogP contribution >= 0.6 is 0 Å². The number of aromatic nitrogens is 3. The van der Waals surface area contributed by atoms with Crippen molar-refractivity contribution in [2.45, 2.75) is 18.9 Å². The van der Waals surface area contributed by atoms with E-state index in [1.165, 1.54) is 7.11 Å². The van der Waals surface area contributed by atoms with Crippen molar-refractivity contribution in [3.05, 3.63) is 21.6 Å². The van der Waals surface area contributed by atoms with Crippen molar-refractivity contribution >= 4 is 5.91 Å². The molecule has 1 atom stereocenters. The van der Waals surface area contributed by atoms with Crippen LogP contribution in [0.4, 0.5) is 0 Å². The van der Waals surface area contributed by atoms with Crippen LogP contribution in [0.3, 0.4) is 0 Å². The molecule has 1 saturated heterocycles. The number of ether oxygens (including phenoxy) is 1. The van der Waals surface area contributed by atoms with Gasteiger partial charge in [-0.2, -0.15) is 4.98 Å². The average molecular weight is 393 g/mol. The van der Waals surface area contributed by atoms with Gasteiger partial charge in [0.2, 0.25) is 0 Å². The zero-order valence-electron chi connectivity index (χ0n) is 8.47. The molecule has 1 aromatic rings. The summed E-state index contributed by atoms with van der Waals surface area (Å²) >= 11 is 0. The summed E-state index contributed by atoms with van der Waals surface area (Å²) in [5.74, 6) is 0.163. The second-order valence-electron chi connectivity index (χ2n) is 3.10. The fourth-order valence-electron chi connectivity index (χ4n) is 1.39. The van der Waals surface area contributed by atoms with Crippen molar-refractivity contribution in [1.82, 2.24) is 15.0 Å². The summed E-state index contributed by atoms with van der Waals surface area (Å²) in [4.78, 5) is 31.9. The number of hydrogen-bond acceptors (Lipinski definition) is 5. The van der Waals surface area contributed by atoms with E-state index in [9.17, 15) is 9.59 Å². The zero-order valence-corrected chi connectivity index (χ0v) is 11.4.